The van der Waals surface area contributed by atoms with Crippen molar-refractivity contribution in [2.24, 2.45) is 23.2 Å². The molecule has 1 aliphatic heterocycles. The first-order valence-electron chi connectivity index (χ1n) is 9.37. The summed E-state index contributed by atoms with van der Waals surface area (Å²) in [5, 5.41) is 29.3. The molecule has 0 aromatic heterocycles. The third-order valence-electron chi connectivity index (χ3n) is 6.69. The van der Waals surface area contributed by atoms with Crippen molar-refractivity contribution in [2.75, 3.05) is 6.61 Å². The summed E-state index contributed by atoms with van der Waals surface area (Å²) in [6.07, 6.45) is -1.85. The van der Waals surface area contributed by atoms with E-state index in [-0.39, 0.29) is 23.5 Å². The second-order valence-electron chi connectivity index (χ2n) is 8.22. The fourth-order valence-corrected chi connectivity index (χ4v) is 5.09. The van der Waals surface area contributed by atoms with Gasteiger partial charge in [0, 0.05) is 22.8 Å². The van der Waals surface area contributed by atoms with Crippen molar-refractivity contribution in [1.82, 2.24) is 0 Å². The van der Waals surface area contributed by atoms with Crippen LogP contribution < -0.4 is 0 Å². The average Bonchev–Trinajstić information content (AvgIpc) is 2.96. The van der Waals surface area contributed by atoms with Crippen molar-refractivity contribution in [1.29, 1.82) is 0 Å². The Labute approximate surface area is 162 Å². The first-order chi connectivity index (χ1) is 13.2. The quantitative estimate of drug-likeness (QED) is 0.335. The summed E-state index contributed by atoms with van der Waals surface area (Å²) in [5.74, 6) is -2.97. The summed E-state index contributed by atoms with van der Waals surface area (Å²) >= 11 is 0. The molecule has 1 saturated heterocycles. The minimum Gasteiger partial charge on any atom is -0.458 e. The van der Waals surface area contributed by atoms with Crippen LogP contribution in [0, 0.1) is 23.2 Å². The molecule has 0 bridgehead atoms. The topological polar surface area (TPSA) is 130 Å². The molecule has 8 nitrogen and oxygen atoms in total. The predicted molar refractivity (Wildman–Crippen MR) is 95.6 cm³/mol. The number of ether oxygens (including phenoxy) is 2. The Morgan fingerprint density at radius 2 is 2.14 bits per heavy atom. The van der Waals surface area contributed by atoms with E-state index in [1.54, 1.807) is 6.92 Å². The van der Waals surface area contributed by atoms with E-state index in [1.807, 2.05) is 0 Å². The normalized spacial score (nSPS) is 40.7. The molecule has 8 heteroatoms. The van der Waals surface area contributed by atoms with E-state index in [0.717, 1.165) is 6.29 Å². The molecule has 154 valence electrons. The van der Waals surface area contributed by atoms with Crippen LogP contribution in [0.25, 0.3) is 0 Å². The second kappa shape index (κ2) is 7.42. The van der Waals surface area contributed by atoms with E-state index < -0.39 is 60.2 Å². The Bertz CT molecular complexity index is 715. The number of hydrogen-bond donors (Lipinski definition) is 3. The highest BCUT2D eigenvalue weighted by Crippen LogP contribution is 2.58. The number of aldehydes is 1. The number of rotatable bonds is 5. The zero-order valence-corrected chi connectivity index (χ0v) is 15.7. The first kappa shape index (κ1) is 20.7. The van der Waals surface area contributed by atoms with Crippen molar-refractivity contribution >= 4 is 18.2 Å². The number of fused-ring (bicyclic) bond motifs is 3. The number of aliphatic hydroxyl groups excluding tert-OH is 3. The highest BCUT2D eigenvalue weighted by Gasteiger charge is 2.63. The smallest absolute Gasteiger partial charge is 0.336 e. The molecule has 0 aromatic carbocycles. The van der Waals surface area contributed by atoms with Gasteiger partial charge in [0.2, 0.25) is 0 Å². The fourth-order valence-electron chi connectivity index (χ4n) is 5.09. The molecule has 0 aromatic rings. The van der Waals surface area contributed by atoms with Crippen molar-refractivity contribution in [2.45, 2.75) is 50.6 Å². The molecule has 0 unspecified atom stereocenters. The van der Waals surface area contributed by atoms with E-state index in [4.69, 9.17) is 14.6 Å². The van der Waals surface area contributed by atoms with Crippen LogP contribution in [-0.2, 0) is 23.9 Å². The van der Waals surface area contributed by atoms with Crippen LogP contribution in [-0.4, -0.2) is 64.6 Å². The molecular formula is C20H26O8. The SMILES string of the molecule is C=C1C(=O)O[C@H]2[C@H]1[C@@H](OC(=O)C(=C)[C@@H](O)CO)C[C@]1(C)[C@@H]2[C@@H](C=O)CC[C@H]1O. The number of carbonyl (C=O) groups excluding carboxylic acids is 3. The Morgan fingerprint density at radius 1 is 1.46 bits per heavy atom. The summed E-state index contributed by atoms with van der Waals surface area (Å²) in [5.41, 5.74) is -0.961. The maximum absolute atomic E-state index is 12.4. The molecule has 1 heterocycles. The largest absolute Gasteiger partial charge is 0.458 e. The summed E-state index contributed by atoms with van der Waals surface area (Å²) in [6, 6.07) is 0. The molecule has 3 fully saturated rings. The highest BCUT2D eigenvalue weighted by atomic mass is 16.6. The van der Waals surface area contributed by atoms with Gasteiger partial charge in [0.15, 0.2) is 0 Å². The van der Waals surface area contributed by atoms with Gasteiger partial charge in [0.05, 0.1) is 24.2 Å². The lowest BCUT2D eigenvalue weighted by Crippen LogP contribution is -2.60. The molecular weight excluding hydrogens is 368 g/mol. The Hall–Kier alpha value is -2.03. The van der Waals surface area contributed by atoms with Crippen LogP contribution in [0.2, 0.25) is 0 Å². The van der Waals surface area contributed by atoms with Gasteiger partial charge in [-0.05, 0) is 19.3 Å². The summed E-state index contributed by atoms with van der Waals surface area (Å²) < 4.78 is 11.1. The maximum atomic E-state index is 12.4. The van der Waals surface area contributed by atoms with Crippen molar-refractivity contribution < 1.29 is 39.2 Å². The van der Waals surface area contributed by atoms with Crippen LogP contribution in [0.4, 0.5) is 0 Å². The Kier molecular flexibility index (Phi) is 5.49. The van der Waals surface area contributed by atoms with Gasteiger partial charge in [-0.2, -0.15) is 0 Å². The van der Waals surface area contributed by atoms with Gasteiger partial charge < -0.3 is 29.6 Å². The Morgan fingerprint density at radius 3 is 2.75 bits per heavy atom. The van der Waals surface area contributed by atoms with Crippen LogP contribution >= 0.6 is 0 Å². The third-order valence-corrected chi connectivity index (χ3v) is 6.69. The standard InChI is InChI=1S/C20H26O8/c1-9(12(23)8-22)18(25)27-13-6-20(3)14(24)5-4-11(7-21)16(20)17-15(13)10(2)19(26)28-17/h7,11-17,22-24H,1-2,4-6,8H2,3H3/t11-,12+,13+,14-,15-,16-,17+,20+/m1/s1. The lowest BCUT2D eigenvalue weighted by molar-refractivity contribution is -0.195. The van der Waals surface area contributed by atoms with Crippen molar-refractivity contribution in [3.8, 4) is 0 Å². The molecule has 28 heavy (non-hydrogen) atoms. The molecule has 3 rings (SSSR count). The number of hydrogen-bond acceptors (Lipinski definition) is 8. The van der Waals surface area contributed by atoms with Gasteiger partial charge in [-0.1, -0.05) is 20.1 Å². The third kappa shape index (κ3) is 3.09. The molecule has 2 aliphatic carbocycles. The maximum Gasteiger partial charge on any atom is 0.336 e. The molecule has 2 saturated carbocycles. The van der Waals surface area contributed by atoms with Crippen molar-refractivity contribution in [3.05, 3.63) is 24.3 Å². The number of carbonyl (C=O) groups is 3. The van der Waals surface area contributed by atoms with E-state index in [2.05, 4.69) is 13.2 Å². The van der Waals surface area contributed by atoms with Crippen LogP contribution in [0.15, 0.2) is 24.3 Å². The zero-order valence-electron chi connectivity index (χ0n) is 15.7. The van der Waals surface area contributed by atoms with E-state index in [0.29, 0.717) is 12.8 Å². The highest BCUT2D eigenvalue weighted by molar-refractivity contribution is 5.92. The number of aliphatic hydroxyl groups is 3. The van der Waals surface area contributed by atoms with E-state index in [9.17, 15) is 24.6 Å². The van der Waals surface area contributed by atoms with Gasteiger partial charge >= 0.3 is 11.9 Å². The molecule has 0 radical (unpaired) electrons. The summed E-state index contributed by atoms with van der Waals surface area (Å²) in [6.45, 7) is 8.35. The van der Waals surface area contributed by atoms with Crippen LogP contribution in [0.5, 0.6) is 0 Å². The van der Waals surface area contributed by atoms with Gasteiger partial charge in [0.25, 0.3) is 0 Å². The predicted octanol–water partition coefficient (Wildman–Crippen LogP) is -0.0986. The Balaban J connectivity index is 1.95. The molecule has 8 atom stereocenters. The van der Waals surface area contributed by atoms with Gasteiger partial charge in [-0.3, -0.25) is 0 Å². The molecule has 0 amide bonds. The number of esters is 2. The van der Waals surface area contributed by atoms with E-state index in [1.165, 1.54) is 0 Å². The lowest BCUT2D eigenvalue weighted by atomic mass is 9.51. The summed E-state index contributed by atoms with van der Waals surface area (Å²) in [4.78, 5) is 36.3. The minimum atomic E-state index is -1.46. The monoisotopic (exact) mass is 394 g/mol. The van der Waals surface area contributed by atoms with Gasteiger partial charge in [-0.15, -0.1) is 0 Å². The van der Waals surface area contributed by atoms with Gasteiger partial charge in [-0.25, -0.2) is 9.59 Å². The average molecular weight is 394 g/mol. The minimum absolute atomic E-state index is 0.155. The van der Waals surface area contributed by atoms with E-state index >= 15 is 0 Å². The fraction of sp³-hybridized carbons (Fsp3) is 0.650. The molecule has 3 aliphatic rings. The summed E-state index contributed by atoms with van der Waals surface area (Å²) in [7, 11) is 0. The van der Waals surface area contributed by atoms with Crippen molar-refractivity contribution in [3.63, 3.8) is 0 Å². The first-order valence-corrected chi connectivity index (χ1v) is 9.37. The second-order valence-corrected chi connectivity index (χ2v) is 8.22. The molecule has 3 N–H and O–H groups in total. The van der Waals surface area contributed by atoms with Crippen LogP contribution in [0.3, 0.4) is 0 Å². The van der Waals surface area contributed by atoms with Crippen LogP contribution in [0.1, 0.15) is 26.2 Å². The molecule has 0 spiro atoms. The lowest BCUT2D eigenvalue weighted by Gasteiger charge is -2.55. The van der Waals surface area contributed by atoms with Gasteiger partial charge in [0.1, 0.15) is 24.6 Å². The zero-order chi connectivity index (χ0) is 20.8.